The molecular formula is C15H13F3N6S. The highest BCUT2D eigenvalue weighted by atomic mass is 32.2. The molecule has 1 aromatic carbocycles. The maximum atomic E-state index is 12.3. The third-order valence-electron chi connectivity index (χ3n) is 2.83. The van der Waals surface area contributed by atoms with Crippen molar-refractivity contribution in [2.24, 2.45) is 0 Å². The van der Waals surface area contributed by atoms with Crippen molar-refractivity contribution < 1.29 is 13.2 Å². The zero-order valence-electron chi connectivity index (χ0n) is 13.2. The lowest BCUT2D eigenvalue weighted by atomic mass is 10.1. The van der Waals surface area contributed by atoms with Gasteiger partial charge < -0.3 is 10.6 Å². The molecule has 0 unspecified atom stereocenters. The second kappa shape index (κ2) is 7.40. The minimum absolute atomic E-state index is 0.0354. The van der Waals surface area contributed by atoms with Crippen LogP contribution in [0, 0.1) is 11.3 Å². The number of benzene rings is 1. The zero-order chi connectivity index (χ0) is 18.6. The van der Waals surface area contributed by atoms with Crippen LogP contribution in [0.25, 0.3) is 11.6 Å². The van der Waals surface area contributed by atoms with E-state index in [2.05, 4.69) is 15.0 Å². The quantitative estimate of drug-likeness (QED) is 0.656. The summed E-state index contributed by atoms with van der Waals surface area (Å²) in [6.45, 7) is 0. The number of rotatable bonds is 4. The Hall–Kier alpha value is -2.80. The molecule has 1 aromatic heterocycles. The van der Waals surface area contributed by atoms with Crippen LogP contribution in [0.1, 0.15) is 11.4 Å². The van der Waals surface area contributed by atoms with Gasteiger partial charge in [-0.2, -0.15) is 33.4 Å². The Kier molecular flexibility index (Phi) is 5.48. The van der Waals surface area contributed by atoms with Gasteiger partial charge in [-0.3, -0.25) is 0 Å². The average Bonchev–Trinajstić information content (AvgIpc) is 2.52. The highest BCUT2D eigenvalue weighted by Gasteiger charge is 2.28. The van der Waals surface area contributed by atoms with Crippen LogP contribution in [-0.4, -0.2) is 34.6 Å². The van der Waals surface area contributed by atoms with Crippen molar-refractivity contribution in [2.75, 3.05) is 24.7 Å². The fraction of sp³-hybridized carbons (Fsp3) is 0.200. The number of hydrogen-bond donors (Lipinski definition) is 1. The first-order valence-corrected chi connectivity index (χ1v) is 7.66. The van der Waals surface area contributed by atoms with Gasteiger partial charge in [-0.25, -0.2) is 0 Å². The molecule has 10 heteroatoms. The van der Waals surface area contributed by atoms with E-state index in [-0.39, 0.29) is 34.0 Å². The molecule has 0 radical (unpaired) electrons. The van der Waals surface area contributed by atoms with E-state index in [0.717, 1.165) is 0 Å². The molecule has 25 heavy (non-hydrogen) atoms. The number of hydrogen-bond acceptors (Lipinski definition) is 7. The number of halogens is 3. The van der Waals surface area contributed by atoms with E-state index in [1.807, 2.05) is 6.07 Å². The number of nitrogens with zero attached hydrogens (tertiary/aromatic N) is 5. The molecule has 0 saturated carbocycles. The summed E-state index contributed by atoms with van der Waals surface area (Å²) in [5, 5.41) is 9.34. The van der Waals surface area contributed by atoms with E-state index in [0.29, 0.717) is 11.5 Å². The van der Waals surface area contributed by atoms with Gasteiger partial charge in [0.1, 0.15) is 6.07 Å². The minimum atomic E-state index is -4.35. The molecule has 0 amide bonds. The number of anilines is 2. The monoisotopic (exact) mass is 366 g/mol. The van der Waals surface area contributed by atoms with Crippen LogP contribution in [0.4, 0.5) is 25.1 Å². The summed E-state index contributed by atoms with van der Waals surface area (Å²) in [6, 6.07) is 7.56. The van der Waals surface area contributed by atoms with Gasteiger partial charge in [0.25, 0.3) is 0 Å². The van der Waals surface area contributed by atoms with Crippen molar-refractivity contribution in [2.45, 2.75) is 10.4 Å². The first-order valence-electron chi connectivity index (χ1n) is 6.85. The third-order valence-corrected chi connectivity index (χ3v) is 3.57. The third kappa shape index (κ3) is 5.36. The maximum Gasteiger partial charge on any atom is 0.446 e. The summed E-state index contributed by atoms with van der Waals surface area (Å²) >= 11 is -0.203. The van der Waals surface area contributed by atoms with E-state index in [9.17, 15) is 18.4 Å². The topological polar surface area (TPSA) is 91.7 Å². The van der Waals surface area contributed by atoms with E-state index >= 15 is 0 Å². The molecule has 6 nitrogen and oxygen atoms in total. The first kappa shape index (κ1) is 18.5. The van der Waals surface area contributed by atoms with Gasteiger partial charge in [0, 0.05) is 19.0 Å². The highest BCUT2D eigenvalue weighted by molar-refractivity contribution is 8.00. The van der Waals surface area contributed by atoms with Crippen molar-refractivity contribution >= 4 is 35.3 Å². The molecule has 0 saturated heterocycles. The first-order chi connectivity index (χ1) is 11.7. The van der Waals surface area contributed by atoms with Crippen molar-refractivity contribution in [3.63, 3.8) is 0 Å². The molecule has 0 fully saturated rings. The summed E-state index contributed by atoms with van der Waals surface area (Å²) in [5.74, 6) is 0.347. The highest BCUT2D eigenvalue weighted by Crippen LogP contribution is 2.36. The van der Waals surface area contributed by atoms with Gasteiger partial charge in [0.15, 0.2) is 5.82 Å². The number of aromatic nitrogens is 3. The van der Waals surface area contributed by atoms with Crippen LogP contribution >= 0.6 is 11.8 Å². The SMILES string of the molecule is CN(C)c1nc(N)nc(/C(C#N)=C\c2ccc(SC(F)(F)F)cc2)n1. The number of allylic oxidation sites excluding steroid dienone is 1. The smallest absolute Gasteiger partial charge is 0.368 e. The molecule has 1 heterocycles. The molecule has 0 aliphatic heterocycles. The van der Waals surface area contributed by atoms with Crippen LogP contribution in [0.5, 0.6) is 0 Å². The predicted octanol–water partition coefficient (Wildman–Crippen LogP) is 3.20. The second-order valence-electron chi connectivity index (χ2n) is 5.00. The lowest BCUT2D eigenvalue weighted by Crippen LogP contribution is -2.15. The Balaban J connectivity index is 2.33. The number of alkyl halides is 3. The van der Waals surface area contributed by atoms with Crippen molar-refractivity contribution in [1.82, 2.24) is 15.0 Å². The van der Waals surface area contributed by atoms with Gasteiger partial charge in [-0.15, -0.1) is 0 Å². The van der Waals surface area contributed by atoms with E-state index in [1.165, 1.54) is 30.3 Å². The van der Waals surface area contributed by atoms with Crippen LogP contribution in [0.2, 0.25) is 0 Å². The number of nitrogens with two attached hydrogens (primary N) is 1. The second-order valence-corrected chi connectivity index (χ2v) is 6.14. The Morgan fingerprint density at radius 1 is 1.20 bits per heavy atom. The molecular weight excluding hydrogens is 353 g/mol. The molecule has 0 atom stereocenters. The fourth-order valence-electron chi connectivity index (χ4n) is 1.78. The number of nitrogen functional groups attached to an aromatic ring is 1. The molecule has 0 aliphatic carbocycles. The molecule has 0 bridgehead atoms. The van der Waals surface area contributed by atoms with Crippen molar-refractivity contribution in [3.05, 3.63) is 35.7 Å². The van der Waals surface area contributed by atoms with Gasteiger partial charge in [0.05, 0.1) is 5.57 Å². The van der Waals surface area contributed by atoms with Gasteiger partial charge in [-0.05, 0) is 35.5 Å². The Morgan fingerprint density at radius 2 is 1.84 bits per heavy atom. The minimum Gasteiger partial charge on any atom is -0.368 e. The van der Waals surface area contributed by atoms with E-state index in [1.54, 1.807) is 19.0 Å². The summed E-state index contributed by atoms with van der Waals surface area (Å²) in [7, 11) is 3.43. The summed E-state index contributed by atoms with van der Waals surface area (Å²) in [6.07, 6.45) is 1.47. The maximum absolute atomic E-state index is 12.3. The summed E-state index contributed by atoms with van der Waals surface area (Å²) in [5.41, 5.74) is 1.93. The van der Waals surface area contributed by atoms with E-state index < -0.39 is 5.51 Å². The Labute approximate surface area is 146 Å². The normalized spacial score (nSPS) is 11.9. The number of thioether (sulfide) groups is 1. The molecule has 2 aromatic rings. The largest absolute Gasteiger partial charge is 0.446 e. The molecule has 130 valence electrons. The molecule has 2 N–H and O–H groups in total. The van der Waals surface area contributed by atoms with Crippen LogP contribution in [0.15, 0.2) is 29.2 Å². The van der Waals surface area contributed by atoms with E-state index in [4.69, 9.17) is 5.73 Å². The van der Waals surface area contributed by atoms with Crippen LogP contribution in [0.3, 0.4) is 0 Å². The fourth-order valence-corrected chi connectivity index (χ4v) is 2.32. The Morgan fingerprint density at radius 3 is 2.36 bits per heavy atom. The lowest BCUT2D eigenvalue weighted by molar-refractivity contribution is -0.0328. The summed E-state index contributed by atoms with van der Waals surface area (Å²) < 4.78 is 37.0. The lowest BCUT2D eigenvalue weighted by Gasteiger charge is -2.11. The van der Waals surface area contributed by atoms with Gasteiger partial charge in [0.2, 0.25) is 11.9 Å². The average molecular weight is 366 g/mol. The van der Waals surface area contributed by atoms with Crippen LogP contribution < -0.4 is 10.6 Å². The van der Waals surface area contributed by atoms with Crippen molar-refractivity contribution in [1.29, 1.82) is 5.26 Å². The molecule has 2 rings (SSSR count). The summed E-state index contributed by atoms with van der Waals surface area (Å²) in [4.78, 5) is 13.7. The van der Waals surface area contributed by atoms with Crippen LogP contribution in [-0.2, 0) is 0 Å². The van der Waals surface area contributed by atoms with Gasteiger partial charge in [-0.1, -0.05) is 12.1 Å². The predicted molar refractivity (Wildman–Crippen MR) is 90.4 cm³/mol. The Bertz CT molecular complexity index is 825. The number of nitriles is 1. The molecule has 0 spiro atoms. The standard InChI is InChI=1S/C15H13F3N6S/c1-24(2)14-22-12(21-13(20)23-14)10(8-19)7-9-3-5-11(6-4-9)25-15(16,17)18/h3-7H,1-2H3,(H2,20,21,22,23)/b10-7-. The van der Waals surface area contributed by atoms with Crippen molar-refractivity contribution in [3.8, 4) is 6.07 Å². The van der Waals surface area contributed by atoms with Gasteiger partial charge >= 0.3 is 5.51 Å². The molecule has 0 aliphatic rings. The zero-order valence-corrected chi connectivity index (χ0v) is 14.1.